The summed E-state index contributed by atoms with van der Waals surface area (Å²) in [6.07, 6.45) is -1.98. The Morgan fingerprint density at radius 1 is 1.44 bits per heavy atom. The molecule has 0 amide bonds. The fraction of sp³-hybridized carbons (Fsp3) is 1.00. The van der Waals surface area contributed by atoms with E-state index in [1.54, 1.807) is 0 Å². The van der Waals surface area contributed by atoms with Crippen LogP contribution in [0.25, 0.3) is 0 Å². The SMILES string of the molecule is OCCCOCC(F)F. The van der Waals surface area contributed by atoms with Gasteiger partial charge < -0.3 is 9.84 Å². The van der Waals surface area contributed by atoms with E-state index in [0.717, 1.165) is 0 Å². The molecule has 0 saturated heterocycles. The van der Waals surface area contributed by atoms with Crippen LogP contribution < -0.4 is 0 Å². The number of hydrogen-bond donors (Lipinski definition) is 1. The van der Waals surface area contributed by atoms with Crippen LogP contribution in [0.15, 0.2) is 0 Å². The summed E-state index contributed by atoms with van der Waals surface area (Å²) in [5, 5.41) is 8.16. The molecule has 1 N–H and O–H groups in total. The van der Waals surface area contributed by atoms with Gasteiger partial charge >= 0.3 is 0 Å². The fourth-order valence-corrected chi connectivity index (χ4v) is 0.339. The normalized spacial score (nSPS) is 10.7. The van der Waals surface area contributed by atoms with E-state index >= 15 is 0 Å². The van der Waals surface area contributed by atoms with Gasteiger partial charge in [-0.05, 0) is 6.42 Å². The molecular formula is C5H10F2O2. The molecule has 0 radical (unpaired) electrons. The molecule has 0 spiro atoms. The monoisotopic (exact) mass is 140 g/mol. The summed E-state index contributed by atoms with van der Waals surface area (Å²) in [6, 6.07) is 0. The molecule has 0 aliphatic heterocycles. The van der Waals surface area contributed by atoms with Crippen molar-refractivity contribution < 1.29 is 18.6 Å². The lowest BCUT2D eigenvalue weighted by Crippen LogP contribution is -2.06. The molecule has 0 unspecified atom stereocenters. The highest BCUT2D eigenvalue weighted by molar-refractivity contribution is 4.35. The van der Waals surface area contributed by atoms with E-state index in [0.29, 0.717) is 6.42 Å². The van der Waals surface area contributed by atoms with Gasteiger partial charge in [-0.3, -0.25) is 0 Å². The van der Waals surface area contributed by atoms with Gasteiger partial charge in [-0.25, -0.2) is 8.78 Å². The summed E-state index contributed by atoms with van der Waals surface area (Å²) in [5.41, 5.74) is 0. The van der Waals surface area contributed by atoms with Crippen LogP contribution in [0.1, 0.15) is 6.42 Å². The van der Waals surface area contributed by atoms with Crippen LogP contribution in [0.3, 0.4) is 0 Å². The molecule has 2 nitrogen and oxygen atoms in total. The van der Waals surface area contributed by atoms with Crippen LogP contribution in [0.5, 0.6) is 0 Å². The molecule has 0 atom stereocenters. The molecule has 0 aliphatic rings. The maximum Gasteiger partial charge on any atom is 0.261 e. The Balaban J connectivity index is 2.75. The Bertz CT molecular complexity index is 58.9. The quantitative estimate of drug-likeness (QED) is 0.568. The molecule has 9 heavy (non-hydrogen) atoms. The first-order valence-corrected chi connectivity index (χ1v) is 2.74. The molecule has 0 aromatic heterocycles. The summed E-state index contributed by atoms with van der Waals surface area (Å²) in [4.78, 5) is 0. The number of rotatable bonds is 5. The highest BCUT2D eigenvalue weighted by Gasteiger charge is 1.99. The molecule has 0 saturated carbocycles. The van der Waals surface area contributed by atoms with Gasteiger partial charge in [-0.15, -0.1) is 0 Å². The van der Waals surface area contributed by atoms with Crippen molar-refractivity contribution in [2.45, 2.75) is 12.8 Å². The average Bonchev–Trinajstić information content (AvgIpc) is 1.80. The zero-order chi connectivity index (χ0) is 7.11. The van der Waals surface area contributed by atoms with Crippen molar-refractivity contribution >= 4 is 0 Å². The minimum atomic E-state index is -2.40. The second-order valence-corrected chi connectivity index (χ2v) is 1.54. The third-order valence-electron chi connectivity index (χ3n) is 0.691. The number of aliphatic hydroxyl groups is 1. The van der Waals surface area contributed by atoms with E-state index in [1.165, 1.54) is 0 Å². The minimum Gasteiger partial charge on any atom is -0.396 e. The van der Waals surface area contributed by atoms with Crippen molar-refractivity contribution in [1.82, 2.24) is 0 Å². The molecular weight excluding hydrogens is 130 g/mol. The Morgan fingerprint density at radius 3 is 2.56 bits per heavy atom. The number of aliphatic hydroxyl groups excluding tert-OH is 1. The first-order valence-electron chi connectivity index (χ1n) is 2.74. The molecule has 0 aromatic rings. The van der Waals surface area contributed by atoms with Crippen LogP contribution in [-0.4, -0.2) is 31.4 Å². The van der Waals surface area contributed by atoms with Crippen LogP contribution in [-0.2, 0) is 4.74 Å². The molecule has 0 aliphatic carbocycles. The fourth-order valence-electron chi connectivity index (χ4n) is 0.339. The number of alkyl halides is 2. The molecule has 0 aromatic carbocycles. The third-order valence-corrected chi connectivity index (χ3v) is 0.691. The Labute approximate surface area is 52.4 Å². The zero-order valence-electron chi connectivity index (χ0n) is 5.02. The maximum atomic E-state index is 11.3. The van der Waals surface area contributed by atoms with E-state index < -0.39 is 13.0 Å². The standard InChI is InChI=1S/C5H10F2O2/c6-5(7)4-9-3-1-2-8/h5,8H,1-4H2. The van der Waals surface area contributed by atoms with Gasteiger partial charge in [0.15, 0.2) is 0 Å². The Morgan fingerprint density at radius 2 is 2.11 bits per heavy atom. The topological polar surface area (TPSA) is 29.5 Å². The number of ether oxygens (including phenoxy) is 1. The molecule has 56 valence electrons. The van der Waals surface area contributed by atoms with Gasteiger partial charge in [0.1, 0.15) is 6.61 Å². The molecule has 0 fully saturated rings. The van der Waals surface area contributed by atoms with Gasteiger partial charge in [0.2, 0.25) is 0 Å². The summed E-state index contributed by atoms with van der Waals surface area (Å²) in [5.74, 6) is 0. The highest BCUT2D eigenvalue weighted by Crippen LogP contribution is 1.92. The largest absolute Gasteiger partial charge is 0.396 e. The molecule has 0 bridgehead atoms. The van der Waals surface area contributed by atoms with Crippen molar-refractivity contribution in [3.63, 3.8) is 0 Å². The van der Waals surface area contributed by atoms with Crippen LogP contribution in [0.2, 0.25) is 0 Å². The molecule has 0 heterocycles. The summed E-state index contributed by atoms with van der Waals surface area (Å²) in [7, 11) is 0. The van der Waals surface area contributed by atoms with E-state index in [4.69, 9.17) is 5.11 Å². The maximum absolute atomic E-state index is 11.3. The van der Waals surface area contributed by atoms with Crippen LogP contribution in [0.4, 0.5) is 8.78 Å². The van der Waals surface area contributed by atoms with E-state index in [1.807, 2.05) is 0 Å². The number of halogens is 2. The van der Waals surface area contributed by atoms with E-state index in [-0.39, 0.29) is 13.2 Å². The van der Waals surface area contributed by atoms with Crippen molar-refractivity contribution in [3.8, 4) is 0 Å². The van der Waals surface area contributed by atoms with E-state index in [2.05, 4.69) is 4.74 Å². The van der Waals surface area contributed by atoms with Gasteiger partial charge in [0.05, 0.1) is 0 Å². The first kappa shape index (κ1) is 8.78. The molecule has 4 heteroatoms. The third kappa shape index (κ3) is 7.78. The van der Waals surface area contributed by atoms with Crippen molar-refractivity contribution in [1.29, 1.82) is 0 Å². The lowest BCUT2D eigenvalue weighted by atomic mass is 10.5. The second kappa shape index (κ2) is 5.91. The smallest absolute Gasteiger partial charge is 0.261 e. The molecule has 0 rings (SSSR count). The van der Waals surface area contributed by atoms with E-state index in [9.17, 15) is 8.78 Å². The number of hydrogen-bond acceptors (Lipinski definition) is 2. The van der Waals surface area contributed by atoms with Crippen molar-refractivity contribution in [2.75, 3.05) is 19.8 Å². The van der Waals surface area contributed by atoms with Crippen molar-refractivity contribution in [2.24, 2.45) is 0 Å². The predicted molar refractivity (Wildman–Crippen MR) is 28.5 cm³/mol. The van der Waals surface area contributed by atoms with Gasteiger partial charge in [0, 0.05) is 13.2 Å². The lowest BCUT2D eigenvalue weighted by Gasteiger charge is -1.99. The Kier molecular flexibility index (Phi) is 5.76. The summed E-state index contributed by atoms with van der Waals surface area (Å²) in [6.45, 7) is -0.329. The summed E-state index contributed by atoms with van der Waals surface area (Å²) < 4.78 is 27.0. The minimum absolute atomic E-state index is 0.0107. The second-order valence-electron chi connectivity index (χ2n) is 1.54. The average molecular weight is 140 g/mol. The zero-order valence-corrected chi connectivity index (χ0v) is 5.02. The van der Waals surface area contributed by atoms with Crippen LogP contribution >= 0.6 is 0 Å². The summed E-state index contributed by atoms with van der Waals surface area (Å²) >= 11 is 0. The first-order chi connectivity index (χ1) is 4.27. The van der Waals surface area contributed by atoms with Crippen molar-refractivity contribution in [3.05, 3.63) is 0 Å². The van der Waals surface area contributed by atoms with Gasteiger partial charge in [0.25, 0.3) is 6.43 Å². The highest BCUT2D eigenvalue weighted by atomic mass is 19.3. The Hall–Kier alpha value is -0.220. The van der Waals surface area contributed by atoms with Gasteiger partial charge in [-0.1, -0.05) is 0 Å². The van der Waals surface area contributed by atoms with Crippen LogP contribution in [0, 0.1) is 0 Å². The predicted octanol–water partition coefficient (Wildman–Crippen LogP) is 0.650. The lowest BCUT2D eigenvalue weighted by molar-refractivity contribution is 0.0131. The van der Waals surface area contributed by atoms with Gasteiger partial charge in [-0.2, -0.15) is 0 Å².